The van der Waals surface area contributed by atoms with Gasteiger partial charge in [0.15, 0.2) is 0 Å². The zero-order valence-corrected chi connectivity index (χ0v) is 9.50. The standard InChI is InChI=1S/C11H23N3/c1-13-6-3-10(4-7-13)11-9-12-5-8-14(11)2/h10-12H,3-9H2,1-2H3. The zero-order chi connectivity index (χ0) is 9.97. The highest BCUT2D eigenvalue weighted by molar-refractivity contribution is 4.86. The van der Waals surface area contributed by atoms with Gasteiger partial charge >= 0.3 is 0 Å². The lowest BCUT2D eigenvalue weighted by Crippen LogP contribution is -2.54. The summed E-state index contributed by atoms with van der Waals surface area (Å²) in [5.41, 5.74) is 0. The maximum absolute atomic E-state index is 3.52. The summed E-state index contributed by atoms with van der Waals surface area (Å²) >= 11 is 0. The summed E-state index contributed by atoms with van der Waals surface area (Å²) in [4.78, 5) is 5.00. The molecule has 3 heteroatoms. The molecule has 0 spiro atoms. The number of hydrogen-bond acceptors (Lipinski definition) is 3. The Bertz CT molecular complexity index is 175. The summed E-state index contributed by atoms with van der Waals surface area (Å²) in [6.45, 7) is 6.16. The zero-order valence-electron chi connectivity index (χ0n) is 9.50. The normalized spacial score (nSPS) is 33.4. The van der Waals surface area contributed by atoms with Gasteiger partial charge in [-0.25, -0.2) is 0 Å². The maximum atomic E-state index is 3.52. The van der Waals surface area contributed by atoms with Crippen LogP contribution in [0, 0.1) is 5.92 Å². The number of nitrogens with zero attached hydrogens (tertiary/aromatic N) is 2. The van der Waals surface area contributed by atoms with Crippen molar-refractivity contribution in [3.63, 3.8) is 0 Å². The fourth-order valence-corrected chi connectivity index (χ4v) is 2.77. The molecule has 1 N–H and O–H groups in total. The lowest BCUT2D eigenvalue weighted by Gasteiger charge is -2.41. The van der Waals surface area contributed by atoms with Gasteiger partial charge in [-0.05, 0) is 45.9 Å². The van der Waals surface area contributed by atoms with Gasteiger partial charge in [0.1, 0.15) is 0 Å². The second-order valence-electron chi connectivity index (χ2n) is 4.89. The average Bonchev–Trinajstić information content (AvgIpc) is 2.20. The summed E-state index contributed by atoms with van der Waals surface area (Å²) in [6, 6.07) is 0.789. The monoisotopic (exact) mass is 197 g/mol. The molecule has 1 atom stereocenters. The molecule has 0 saturated carbocycles. The van der Waals surface area contributed by atoms with Crippen LogP contribution in [0.25, 0.3) is 0 Å². The molecule has 0 aromatic carbocycles. The van der Waals surface area contributed by atoms with E-state index in [0.29, 0.717) is 0 Å². The second kappa shape index (κ2) is 4.60. The van der Waals surface area contributed by atoms with Gasteiger partial charge < -0.3 is 15.1 Å². The first kappa shape index (κ1) is 10.4. The molecule has 2 rings (SSSR count). The van der Waals surface area contributed by atoms with Crippen molar-refractivity contribution in [2.45, 2.75) is 18.9 Å². The highest BCUT2D eigenvalue weighted by Crippen LogP contribution is 2.23. The summed E-state index contributed by atoms with van der Waals surface area (Å²) in [6.07, 6.45) is 2.76. The highest BCUT2D eigenvalue weighted by atomic mass is 15.2. The van der Waals surface area contributed by atoms with E-state index in [1.165, 1.54) is 45.6 Å². The van der Waals surface area contributed by atoms with E-state index in [0.717, 1.165) is 12.0 Å². The van der Waals surface area contributed by atoms with Crippen molar-refractivity contribution in [3.8, 4) is 0 Å². The minimum atomic E-state index is 0.789. The molecule has 2 aliphatic rings. The number of piperazine rings is 1. The highest BCUT2D eigenvalue weighted by Gasteiger charge is 2.29. The molecule has 2 heterocycles. The first-order valence-electron chi connectivity index (χ1n) is 5.87. The Morgan fingerprint density at radius 3 is 2.43 bits per heavy atom. The van der Waals surface area contributed by atoms with Crippen LogP contribution in [0.5, 0.6) is 0 Å². The molecular formula is C11H23N3. The molecule has 82 valence electrons. The molecule has 1 unspecified atom stereocenters. The van der Waals surface area contributed by atoms with Crippen molar-refractivity contribution >= 4 is 0 Å². The molecule has 14 heavy (non-hydrogen) atoms. The average molecular weight is 197 g/mol. The van der Waals surface area contributed by atoms with E-state index < -0.39 is 0 Å². The van der Waals surface area contributed by atoms with Crippen LogP contribution < -0.4 is 5.32 Å². The van der Waals surface area contributed by atoms with E-state index in [-0.39, 0.29) is 0 Å². The predicted molar refractivity (Wildman–Crippen MR) is 59.5 cm³/mol. The molecule has 2 fully saturated rings. The summed E-state index contributed by atoms with van der Waals surface area (Å²) < 4.78 is 0. The molecule has 0 aromatic rings. The SMILES string of the molecule is CN1CCC(C2CNCCN2C)CC1. The van der Waals surface area contributed by atoms with E-state index in [1.807, 2.05) is 0 Å². The van der Waals surface area contributed by atoms with Crippen molar-refractivity contribution in [1.29, 1.82) is 0 Å². The minimum absolute atomic E-state index is 0.789. The summed E-state index contributed by atoms with van der Waals surface area (Å²) in [5.74, 6) is 0.920. The van der Waals surface area contributed by atoms with Gasteiger partial charge in [-0.1, -0.05) is 0 Å². The van der Waals surface area contributed by atoms with Gasteiger partial charge in [0, 0.05) is 25.7 Å². The van der Waals surface area contributed by atoms with Gasteiger partial charge in [-0.2, -0.15) is 0 Å². The summed E-state index contributed by atoms with van der Waals surface area (Å²) in [5, 5.41) is 3.52. The number of likely N-dealkylation sites (N-methyl/N-ethyl adjacent to an activating group) is 1. The molecule has 0 aliphatic carbocycles. The molecule has 2 saturated heterocycles. The van der Waals surface area contributed by atoms with Gasteiger partial charge in [0.2, 0.25) is 0 Å². The van der Waals surface area contributed by atoms with Crippen LogP contribution in [-0.2, 0) is 0 Å². The second-order valence-corrected chi connectivity index (χ2v) is 4.89. The lowest BCUT2D eigenvalue weighted by molar-refractivity contribution is 0.0958. The number of likely N-dealkylation sites (tertiary alicyclic amines) is 1. The molecule has 0 aromatic heterocycles. The Hall–Kier alpha value is -0.120. The van der Waals surface area contributed by atoms with Gasteiger partial charge in [-0.3, -0.25) is 0 Å². The maximum Gasteiger partial charge on any atom is 0.0247 e. The molecule has 0 bridgehead atoms. The third kappa shape index (κ3) is 2.27. The van der Waals surface area contributed by atoms with Gasteiger partial charge in [0.05, 0.1) is 0 Å². The van der Waals surface area contributed by atoms with Crippen molar-refractivity contribution < 1.29 is 0 Å². The van der Waals surface area contributed by atoms with Crippen LogP contribution in [0.15, 0.2) is 0 Å². The third-order valence-electron chi connectivity index (χ3n) is 3.87. The fraction of sp³-hybridized carbons (Fsp3) is 1.00. The minimum Gasteiger partial charge on any atom is -0.314 e. The molecule has 0 radical (unpaired) electrons. The van der Waals surface area contributed by atoms with Crippen molar-refractivity contribution in [2.24, 2.45) is 5.92 Å². The molecule has 2 aliphatic heterocycles. The Balaban J connectivity index is 1.87. The largest absolute Gasteiger partial charge is 0.314 e. The van der Waals surface area contributed by atoms with Crippen LogP contribution in [0.2, 0.25) is 0 Å². The number of rotatable bonds is 1. The van der Waals surface area contributed by atoms with Gasteiger partial charge in [-0.15, -0.1) is 0 Å². The topological polar surface area (TPSA) is 18.5 Å². The lowest BCUT2D eigenvalue weighted by atomic mass is 9.88. The number of nitrogens with one attached hydrogen (secondary N) is 1. The van der Waals surface area contributed by atoms with E-state index >= 15 is 0 Å². The Kier molecular flexibility index (Phi) is 3.42. The predicted octanol–water partition coefficient (Wildman–Crippen LogP) is 0.232. The first-order chi connectivity index (χ1) is 6.77. The Morgan fingerprint density at radius 1 is 1.07 bits per heavy atom. The quantitative estimate of drug-likeness (QED) is 0.649. The van der Waals surface area contributed by atoms with Crippen molar-refractivity contribution in [2.75, 3.05) is 46.8 Å². The first-order valence-corrected chi connectivity index (χ1v) is 5.87. The Labute approximate surface area is 87.4 Å². The molecule has 0 amide bonds. The fourth-order valence-electron chi connectivity index (χ4n) is 2.77. The van der Waals surface area contributed by atoms with E-state index in [4.69, 9.17) is 0 Å². The Morgan fingerprint density at radius 2 is 1.79 bits per heavy atom. The number of hydrogen-bond donors (Lipinski definition) is 1. The smallest absolute Gasteiger partial charge is 0.0247 e. The van der Waals surface area contributed by atoms with Crippen LogP contribution in [0.1, 0.15) is 12.8 Å². The van der Waals surface area contributed by atoms with E-state index in [2.05, 4.69) is 29.2 Å². The number of piperidine rings is 1. The van der Waals surface area contributed by atoms with Crippen LogP contribution in [-0.4, -0.2) is 62.7 Å². The van der Waals surface area contributed by atoms with Crippen molar-refractivity contribution in [1.82, 2.24) is 15.1 Å². The van der Waals surface area contributed by atoms with E-state index in [9.17, 15) is 0 Å². The van der Waals surface area contributed by atoms with E-state index in [1.54, 1.807) is 0 Å². The molecular weight excluding hydrogens is 174 g/mol. The van der Waals surface area contributed by atoms with Gasteiger partial charge in [0.25, 0.3) is 0 Å². The molecule has 3 nitrogen and oxygen atoms in total. The van der Waals surface area contributed by atoms with Crippen LogP contribution in [0.3, 0.4) is 0 Å². The van der Waals surface area contributed by atoms with Crippen molar-refractivity contribution in [3.05, 3.63) is 0 Å². The van der Waals surface area contributed by atoms with Crippen LogP contribution >= 0.6 is 0 Å². The third-order valence-corrected chi connectivity index (χ3v) is 3.87. The summed E-state index contributed by atoms with van der Waals surface area (Å²) in [7, 11) is 4.52. The van der Waals surface area contributed by atoms with Crippen LogP contribution in [0.4, 0.5) is 0 Å².